The lowest BCUT2D eigenvalue weighted by Crippen LogP contribution is -2.36. The largest absolute Gasteiger partial charge is 0.459 e. The molecule has 2 heterocycles. The van der Waals surface area contributed by atoms with Crippen molar-refractivity contribution in [1.29, 1.82) is 0 Å². The first-order valence-electron chi connectivity index (χ1n) is 9.88. The van der Waals surface area contributed by atoms with Gasteiger partial charge in [-0.15, -0.1) is 0 Å². The lowest BCUT2D eigenvalue weighted by atomic mass is 10.0. The molecule has 2 aliphatic heterocycles. The summed E-state index contributed by atoms with van der Waals surface area (Å²) in [7, 11) is 0. The summed E-state index contributed by atoms with van der Waals surface area (Å²) in [5, 5.41) is 13.4. The molecule has 0 saturated carbocycles. The molecule has 4 atom stereocenters. The third-order valence-corrected chi connectivity index (χ3v) is 5.01. The average Bonchev–Trinajstić information content (AvgIpc) is 2.87. The van der Waals surface area contributed by atoms with Gasteiger partial charge in [-0.1, -0.05) is 18.2 Å². The zero-order valence-corrected chi connectivity index (χ0v) is 17.5. The number of hydrogen-bond donors (Lipinski definition) is 2. The molecule has 7 heteroatoms. The molecule has 0 aliphatic carbocycles. The fourth-order valence-electron chi connectivity index (χ4n) is 3.84. The van der Waals surface area contributed by atoms with Crippen LogP contribution in [0, 0.1) is 13.8 Å². The molecular formula is C22H29NO6. The third kappa shape index (κ3) is 5.04. The number of amides is 1. The second-order valence-electron chi connectivity index (χ2n) is 8.27. The summed E-state index contributed by atoms with van der Waals surface area (Å²) in [6, 6.07) is 3.63. The minimum atomic E-state index is -0.947. The van der Waals surface area contributed by atoms with E-state index in [0.717, 1.165) is 11.1 Å². The number of nitrogens with one attached hydrogen (secondary N) is 1. The first-order valence-corrected chi connectivity index (χ1v) is 9.88. The van der Waals surface area contributed by atoms with Gasteiger partial charge in [0.1, 0.15) is 18.3 Å². The summed E-state index contributed by atoms with van der Waals surface area (Å²) >= 11 is 0. The Morgan fingerprint density at radius 1 is 1.17 bits per heavy atom. The van der Waals surface area contributed by atoms with Crippen LogP contribution in [0.2, 0.25) is 0 Å². The van der Waals surface area contributed by atoms with Crippen LogP contribution >= 0.6 is 0 Å². The Balaban J connectivity index is 1.97. The molecule has 3 rings (SSSR count). The third-order valence-electron chi connectivity index (χ3n) is 5.01. The Bertz CT molecular complexity index is 831. The quantitative estimate of drug-likeness (QED) is 0.511. The van der Waals surface area contributed by atoms with Gasteiger partial charge in [-0.25, -0.2) is 4.79 Å². The number of fused-ring (bicyclic) bond motifs is 2. The Hall–Kier alpha value is -2.22. The highest BCUT2D eigenvalue weighted by Crippen LogP contribution is 2.33. The first kappa shape index (κ1) is 21.5. The van der Waals surface area contributed by atoms with Crippen molar-refractivity contribution in [2.45, 2.75) is 77.7 Å². The second-order valence-corrected chi connectivity index (χ2v) is 8.27. The molecule has 0 aromatic heterocycles. The fourth-order valence-corrected chi connectivity index (χ4v) is 3.84. The van der Waals surface area contributed by atoms with Gasteiger partial charge >= 0.3 is 5.97 Å². The number of aryl methyl sites for hydroxylation is 2. The summed E-state index contributed by atoms with van der Waals surface area (Å²) in [6.45, 7) is 8.99. The van der Waals surface area contributed by atoms with E-state index in [2.05, 4.69) is 5.32 Å². The normalized spacial score (nSPS) is 31.1. The molecule has 0 radical (unpaired) electrons. The van der Waals surface area contributed by atoms with Gasteiger partial charge < -0.3 is 24.6 Å². The zero-order chi connectivity index (χ0) is 21.3. The van der Waals surface area contributed by atoms with E-state index in [4.69, 9.17) is 14.2 Å². The fraction of sp³-hybridized carbons (Fsp3) is 0.545. The van der Waals surface area contributed by atoms with Crippen LogP contribution in [0.1, 0.15) is 55.1 Å². The van der Waals surface area contributed by atoms with Gasteiger partial charge in [0.2, 0.25) is 5.91 Å². The highest BCUT2D eigenvalue weighted by Gasteiger charge is 2.45. The van der Waals surface area contributed by atoms with Crippen LogP contribution in [0.3, 0.4) is 0 Å². The maximum atomic E-state index is 12.8. The minimum Gasteiger partial charge on any atom is -0.459 e. The van der Waals surface area contributed by atoms with Crippen molar-refractivity contribution in [3.8, 4) is 0 Å². The molecule has 1 aromatic rings. The molecule has 1 unspecified atom stereocenters. The van der Waals surface area contributed by atoms with E-state index in [9.17, 15) is 14.7 Å². The summed E-state index contributed by atoms with van der Waals surface area (Å²) in [5.41, 5.74) is 2.40. The smallest absolute Gasteiger partial charge is 0.340 e. The number of anilines is 1. The molecule has 0 bridgehead atoms. The van der Waals surface area contributed by atoms with E-state index in [0.29, 0.717) is 17.7 Å². The Morgan fingerprint density at radius 3 is 2.62 bits per heavy atom. The molecule has 2 aliphatic rings. The number of aliphatic hydroxyl groups excluding tert-OH is 1. The molecule has 29 heavy (non-hydrogen) atoms. The van der Waals surface area contributed by atoms with Crippen molar-refractivity contribution in [2.75, 3.05) is 5.32 Å². The monoisotopic (exact) mass is 403 g/mol. The SMILES string of the molecule is Cc1cc(C)c2c(c1)NC(=O)C[C@H]1OC(C)(C)O[C@@H]1C(O)/C=C\C[C@H](C)OC2=O. The molecular weight excluding hydrogens is 374 g/mol. The van der Waals surface area contributed by atoms with E-state index in [1.807, 2.05) is 19.9 Å². The van der Waals surface area contributed by atoms with E-state index >= 15 is 0 Å². The number of rotatable bonds is 0. The van der Waals surface area contributed by atoms with Gasteiger partial charge in [-0.2, -0.15) is 0 Å². The predicted octanol–water partition coefficient (Wildman–Crippen LogP) is 3.02. The highest BCUT2D eigenvalue weighted by atomic mass is 16.8. The number of esters is 1. The molecule has 1 saturated heterocycles. The van der Waals surface area contributed by atoms with Gasteiger partial charge in [0, 0.05) is 6.42 Å². The van der Waals surface area contributed by atoms with Crippen molar-refractivity contribution >= 4 is 17.6 Å². The predicted molar refractivity (Wildman–Crippen MR) is 108 cm³/mol. The van der Waals surface area contributed by atoms with Gasteiger partial charge in [0.25, 0.3) is 0 Å². The van der Waals surface area contributed by atoms with Crippen LogP contribution in [-0.4, -0.2) is 47.2 Å². The van der Waals surface area contributed by atoms with Crippen molar-refractivity contribution in [3.05, 3.63) is 41.0 Å². The molecule has 2 N–H and O–H groups in total. The number of ether oxygens (including phenoxy) is 3. The molecule has 7 nitrogen and oxygen atoms in total. The summed E-state index contributed by atoms with van der Waals surface area (Å²) in [4.78, 5) is 25.5. The number of carbonyl (C=O) groups is 2. The number of aliphatic hydroxyl groups is 1. The lowest BCUT2D eigenvalue weighted by molar-refractivity contribution is -0.153. The maximum absolute atomic E-state index is 12.8. The second kappa shape index (κ2) is 8.26. The van der Waals surface area contributed by atoms with Crippen LogP contribution in [0.4, 0.5) is 5.69 Å². The van der Waals surface area contributed by atoms with Crippen molar-refractivity contribution in [1.82, 2.24) is 0 Å². The van der Waals surface area contributed by atoms with Crippen LogP contribution in [0.25, 0.3) is 0 Å². The zero-order valence-electron chi connectivity index (χ0n) is 17.5. The van der Waals surface area contributed by atoms with Gasteiger partial charge in [0.15, 0.2) is 5.79 Å². The van der Waals surface area contributed by atoms with Crippen molar-refractivity contribution in [2.24, 2.45) is 0 Å². The van der Waals surface area contributed by atoms with Crippen LogP contribution in [0.15, 0.2) is 24.3 Å². The number of hydrogen-bond acceptors (Lipinski definition) is 6. The lowest BCUT2D eigenvalue weighted by Gasteiger charge is -2.22. The molecule has 1 aromatic carbocycles. The van der Waals surface area contributed by atoms with E-state index in [1.165, 1.54) is 0 Å². The topological polar surface area (TPSA) is 94.1 Å². The maximum Gasteiger partial charge on any atom is 0.340 e. The molecule has 158 valence electrons. The van der Waals surface area contributed by atoms with Crippen molar-refractivity contribution in [3.63, 3.8) is 0 Å². The summed E-state index contributed by atoms with van der Waals surface area (Å²) in [6.07, 6.45) is 1.14. The standard InChI is InChI=1S/C22H29NO6/c1-12-9-13(2)19-15(10-12)23-18(25)11-17-20(29-22(4,5)28-17)16(24)8-6-7-14(3)27-21(19)26/h6,8-10,14,16-17,20,24H,7,11H2,1-5H3,(H,23,25)/b8-6-/t14-,16?,17+,20+/m0/s1. The summed E-state index contributed by atoms with van der Waals surface area (Å²) < 4.78 is 17.3. The van der Waals surface area contributed by atoms with Crippen molar-refractivity contribution < 1.29 is 28.9 Å². The Morgan fingerprint density at radius 2 is 1.90 bits per heavy atom. The average molecular weight is 403 g/mol. The van der Waals surface area contributed by atoms with Crippen LogP contribution in [0.5, 0.6) is 0 Å². The first-order chi connectivity index (χ1) is 13.6. The molecule has 1 amide bonds. The molecule has 1 fully saturated rings. The molecule has 0 spiro atoms. The summed E-state index contributed by atoms with van der Waals surface area (Å²) in [5.74, 6) is -1.73. The minimum absolute atomic E-state index is 0.0170. The van der Waals surface area contributed by atoms with Crippen LogP contribution in [-0.2, 0) is 19.0 Å². The Labute approximate surface area is 171 Å². The van der Waals surface area contributed by atoms with E-state index < -0.39 is 36.2 Å². The number of carbonyl (C=O) groups excluding carboxylic acids is 2. The van der Waals surface area contributed by atoms with E-state index in [-0.39, 0.29) is 12.3 Å². The highest BCUT2D eigenvalue weighted by molar-refractivity contribution is 6.02. The van der Waals surface area contributed by atoms with Gasteiger partial charge in [0.05, 0.1) is 23.8 Å². The van der Waals surface area contributed by atoms with Crippen LogP contribution < -0.4 is 5.32 Å². The van der Waals surface area contributed by atoms with Gasteiger partial charge in [-0.3, -0.25) is 4.79 Å². The van der Waals surface area contributed by atoms with Gasteiger partial charge in [-0.05, 0) is 51.8 Å². The number of benzene rings is 1. The van der Waals surface area contributed by atoms with E-state index in [1.54, 1.807) is 39.0 Å². The Kier molecular flexibility index (Phi) is 6.12. The number of cyclic esters (lactones) is 1.